The van der Waals surface area contributed by atoms with Crippen LogP contribution in [0.25, 0.3) is 0 Å². The van der Waals surface area contributed by atoms with Crippen LogP contribution in [-0.4, -0.2) is 38.9 Å². The Kier molecular flexibility index (Phi) is 5.58. The average Bonchev–Trinajstić information content (AvgIpc) is 2.47. The van der Waals surface area contributed by atoms with E-state index in [0.29, 0.717) is 11.8 Å². The first-order valence-corrected chi connectivity index (χ1v) is 9.19. The van der Waals surface area contributed by atoms with Crippen molar-refractivity contribution in [3.63, 3.8) is 0 Å². The zero-order chi connectivity index (χ0) is 16.2. The number of nitrogens with zero attached hydrogens (tertiary/aromatic N) is 1. The van der Waals surface area contributed by atoms with E-state index in [2.05, 4.69) is 18.6 Å². The van der Waals surface area contributed by atoms with Crippen LogP contribution in [0.4, 0.5) is 0 Å². The molecule has 5 nitrogen and oxygen atoms in total. The van der Waals surface area contributed by atoms with Gasteiger partial charge in [-0.1, -0.05) is 32.0 Å². The molecule has 2 atom stereocenters. The van der Waals surface area contributed by atoms with E-state index in [1.54, 1.807) is 18.2 Å². The van der Waals surface area contributed by atoms with Gasteiger partial charge in [0.2, 0.25) is 15.9 Å². The van der Waals surface area contributed by atoms with Crippen molar-refractivity contribution in [2.75, 3.05) is 19.6 Å². The molecule has 2 rings (SSSR count). The second kappa shape index (κ2) is 7.24. The highest BCUT2D eigenvalue weighted by Crippen LogP contribution is 2.21. The second-order valence-electron chi connectivity index (χ2n) is 6.21. The standard InChI is InChI=1S/C16H24N2O3S/c1-13-10-14(2)12-18(11-13)16(19)8-9-17-22(20,21)15-6-4-3-5-7-15/h3-7,13-14,17H,8-12H2,1-2H3/t13-,14-/m1/s1. The first kappa shape index (κ1) is 17.0. The summed E-state index contributed by atoms with van der Waals surface area (Å²) in [5, 5.41) is 0. The first-order chi connectivity index (χ1) is 10.4. The molecule has 0 unspecified atom stereocenters. The van der Waals surface area contributed by atoms with E-state index in [1.807, 2.05) is 4.90 Å². The Morgan fingerprint density at radius 1 is 1.18 bits per heavy atom. The van der Waals surface area contributed by atoms with E-state index in [4.69, 9.17) is 0 Å². The second-order valence-corrected chi connectivity index (χ2v) is 7.97. The molecule has 1 N–H and O–H groups in total. The van der Waals surface area contributed by atoms with E-state index < -0.39 is 10.0 Å². The average molecular weight is 324 g/mol. The molecule has 1 aromatic carbocycles. The summed E-state index contributed by atoms with van der Waals surface area (Å²) in [5.41, 5.74) is 0. The first-order valence-electron chi connectivity index (χ1n) is 7.71. The topological polar surface area (TPSA) is 66.5 Å². The third-order valence-corrected chi connectivity index (χ3v) is 5.38. The molecule has 1 aromatic rings. The van der Waals surface area contributed by atoms with Crippen LogP contribution in [0.5, 0.6) is 0 Å². The predicted molar refractivity (Wildman–Crippen MR) is 85.8 cm³/mol. The highest BCUT2D eigenvalue weighted by Gasteiger charge is 2.25. The van der Waals surface area contributed by atoms with Crippen LogP contribution in [0.15, 0.2) is 35.2 Å². The van der Waals surface area contributed by atoms with E-state index in [9.17, 15) is 13.2 Å². The third kappa shape index (κ3) is 4.55. The highest BCUT2D eigenvalue weighted by molar-refractivity contribution is 7.89. The summed E-state index contributed by atoms with van der Waals surface area (Å²) in [4.78, 5) is 14.3. The van der Waals surface area contributed by atoms with Crippen LogP contribution in [0, 0.1) is 11.8 Å². The number of piperidine rings is 1. The minimum atomic E-state index is -3.53. The Hall–Kier alpha value is -1.40. The van der Waals surface area contributed by atoms with Crippen molar-refractivity contribution in [3.05, 3.63) is 30.3 Å². The Balaban J connectivity index is 1.84. The number of carbonyl (C=O) groups is 1. The van der Waals surface area contributed by atoms with Gasteiger partial charge in [-0.25, -0.2) is 13.1 Å². The van der Waals surface area contributed by atoms with Gasteiger partial charge in [-0.15, -0.1) is 0 Å². The molecule has 22 heavy (non-hydrogen) atoms. The van der Waals surface area contributed by atoms with Gasteiger partial charge in [0, 0.05) is 26.1 Å². The highest BCUT2D eigenvalue weighted by atomic mass is 32.2. The molecule has 0 aliphatic carbocycles. The molecule has 0 radical (unpaired) electrons. The fraction of sp³-hybridized carbons (Fsp3) is 0.562. The number of hydrogen-bond donors (Lipinski definition) is 1. The van der Waals surface area contributed by atoms with Gasteiger partial charge in [-0.2, -0.15) is 0 Å². The van der Waals surface area contributed by atoms with Gasteiger partial charge in [0.15, 0.2) is 0 Å². The lowest BCUT2D eigenvalue weighted by Crippen LogP contribution is -2.43. The molecule has 0 aromatic heterocycles. The van der Waals surface area contributed by atoms with Crippen LogP contribution in [-0.2, 0) is 14.8 Å². The summed E-state index contributed by atoms with van der Waals surface area (Å²) in [6.45, 7) is 5.97. The van der Waals surface area contributed by atoms with Gasteiger partial charge < -0.3 is 4.90 Å². The Morgan fingerprint density at radius 3 is 2.36 bits per heavy atom. The number of likely N-dealkylation sites (tertiary alicyclic amines) is 1. The molecule has 0 saturated carbocycles. The molecule has 1 saturated heterocycles. The quantitative estimate of drug-likeness (QED) is 0.899. The predicted octanol–water partition coefficient (Wildman–Crippen LogP) is 1.86. The van der Waals surface area contributed by atoms with E-state index >= 15 is 0 Å². The molecule has 1 heterocycles. The molecule has 1 amide bonds. The summed E-state index contributed by atoms with van der Waals surface area (Å²) in [5.74, 6) is 1.04. The summed E-state index contributed by atoms with van der Waals surface area (Å²) in [7, 11) is -3.53. The van der Waals surface area contributed by atoms with E-state index in [-0.39, 0.29) is 23.8 Å². The van der Waals surface area contributed by atoms with Crippen molar-refractivity contribution in [3.8, 4) is 0 Å². The van der Waals surface area contributed by atoms with Crippen molar-refractivity contribution in [2.24, 2.45) is 11.8 Å². The number of hydrogen-bond acceptors (Lipinski definition) is 3. The zero-order valence-corrected chi connectivity index (χ0v) is 14.0. The number of amides is 1. The Labute approximate surface area is 132 Å². The third-order valence-electron chi connectivity index (χ3n) is 3.91. The normalized spacial score (nSPS) is 22.5. The minimum absolute atomic E-state index is 0.0224. The number of nitrogens with one attached hydrogen (secondary N) is 1. The SMILES string of the molecule is C[C@@H]1C[C@@H](C)CN(C(=O)CCNS(=O)(=O)c2ccccc2)C1. The summed E-state index contributed by atoms with van der Waals surface area (Å²) in [6.07, 6.45) is 1.34. The van der Waals surface area contributed by atoms with Gasteiger partial charge in [-0.05, 0) is 30.4 Å². The van der Waals surface area contributed by atoms with E-state index in [1.165, 1.54) is 12.1 Å². The molecule has 0 bridgehead atoms. The molecular weight excluding hydrogens is 300 g/mol. The molecule has 6 heteroatoms. The largest absolute Gasteiger partial charge is 0.342 e. The maximum Gasteiger partial charge on any atom is 0.240 e. The molecule has 1 aliphatic rings. The lowest BCUT2D eigenvalue weighted by atomic mass is 9.92. The number of rotatable bonds is 5. The monoisotopic (exact) mass is 324 g/mol. The van der Waals surface area contributed by atoms with Crippen molar-refractivity contribution < 1.29 is 13.2 Å². The van der Waals surface area contributed by atoms with Crippen LogP contribution in [0.3, 0.4) is 0 Å². The molecule has 1 aliphatic heterocycles. The molecule has 0 spiro atoms. The fourth-order valence-corrected chi connectivity index (χ4v) is 4.05. The van der Waals surface area contributed by atoms with Crippen LogP contribution in [0.2, 0.25) is 0 Å². The Bertz CT molecular complexity index is 591. The number of sulfonamides is 1. The van der Waals surface area contributed by atoms with Crippen LogP contribution >= 0.6 is 0 Å². The summed E-state index contributed by atoms with van der Waals surface area (Å²) in [6, 6.07) is 8.20. The van der Waals surface area contributed by atoms with Gasteiger partial charge in [0.05, 0.1) is 4.90 Å². The van der Waals surface area contributed by atoms with Crippen molar-refractivity contribution in [1.29, 1.82) is 0 Å². The van der Waals surface area contributed by atoms with Crippen molar-refractivity contribution >= 4 is 15.9 Å². The van der Waals surface area contributed by atoms with Crippen LogP contribution < -0.4 is 4.72 Å². The maximum absolute atomic E-state index is 12.2. The Morgan fingerprint density at radius 2 is 1.77 bits per heavy atom. The minimum Gasteiger partial charge on any atom is -0.342 e. The maximum atomic E-state index is 12.2. The summed E-state index contributed by atoms with van der Waals surface area (Å²) < 4.78 is 26.6. The molecule has 122 valence electrons. The van der Waals surface area contributed by atoms with Gasteiger partial charge in [-0.3, -0.25) is 4.79 Å². The zero-order valence-electron chi connectivity index (χ0n) is 13.2. The van der Waals surface area contributed by atoms with Gasteiger partial charge in [0.25, 0.3) is 0 Å². The molecule has 1 fully saturated rings. The number of carbonyl (C=O) groups excluding carboxylic acids is 1. The van der Waals surface area contributed by atoms with Crippen LogP contribution in [0.1, 0.15) is 26.7 Å². The van der Waals surface area contributed by atoms with Crippen molar-refractivity contribution in [2.45, 2.75) is 31.6 Å². The van der Waals surface area contributed by atoms with E-state index in [0.717, 1.165) is 19.5 Å². The lowest BCUT2D eigenvalue weighted by molar-refractivity contribution is -0.133. The van der Waals surface area contributed by atoms with Gasteiger partial charge >= 0.3 is 0 Å². The fourth-order valence-electron chi connectivity index (χ4n) is 3.00. The molecular formula is C16H24N2O3S. The summed E-state index contributed by atoms with van der Waals surface area (Å²) >= 11 is 0. The number of benzene rings is 1. The van der Waals surface area contributed by atoms with Crippen molar-refractivity contribution in [1.82, 2.24) is 9.62 Å². The smallest absolute Gasteiger partial charge is 0.240 e. The lowest BCUT2D eigenvalue weighted by Gasteiger charge is -2.35. The van der Waals surface area contributed by atoms with Gasteiger partial charge in [0.1, 0.15) is 0 Å².